The molecule has 0 saturated carbocycles. The number of hydrogen-bond acceptors (Lipinski definition) is 7. The number of aryl methyl sites for hydroxylation is 1. The van der Waals surface area contributed by atoms with Crippen LogP contribution in [0.5, 0.6) is 0 Å². The summed E-state index contributed by atoms with van der Waals surface area (Å²) in [6.07, 6.45) is -7.50. The highest BCUT2D eigenvalue weighted by Gasteiger charge is 2.37. The van der Waals surface area contributed by atoms with E-state index < -0.39 is 41.6 Å². The number of methoxy groups -OCH3 is 2. The Bertz CT molecular complexity index is 1440. The summed E-state index contributed by atoms with van der Waals surface area (Å²) in [5.74, 6) is -2.22. The van der Waals surface area contributed by atoms with Gasteiger partial charge in [-0.3, -0.25) is 9.59 Å². The van der Waals surface area contributed by atoms with Crippen molar-refractivity contribution >= 4 is 52.9 Å². The molecular weight excluding hydrogens is 570 g/mol. The smallest absolute Gasteiger partial charge is 0.438 e. The van der Waals surface area contributed by atoms with E-state index in [9.17, 15) is 32.3 Å². The van der Waals surface area contributed by atoms with Crippen molar-refractivity contribution in [3.8, 4) is 5.69 Å². The van der Waals surface area contributed by atoms with Gasteiger partial charge in [0.05, 0.1) is 36.2 Å². The first-order chi connectivity index (χ1) is 18.3. The van der Waals surface area contributed by atoms with E-state index >= 15 is 0 Å². The van der Waals surface area contributed by atoms with Gasteiger partial charge in [0.25, 0.3) is 11.8 Å². The molecule has 11 nitrogen and oxygen atoms in total. The van der Waals surface area contributed by atoms with Crippen LogP contribution < -0.4 is 10.7 Å². The maximum absolute atomic E-state index is 13.5. The van der Waals surface area contributed by atoms with E-state index in [2.05, 4.69) is 19.9 Å². The third kappa shape index (κ3) is 6.41. The Morgan fingerprint density at radius 2 is 1.59 bits per heavy atom. The summed E-state index contributed by atoms with van der Waals surface area (Å²) < 4.78 is 50.0. The first kappa shape index (κ1) is 29.3. The first-order valence-electron chi connectivity index (χ1n) is 10.6. The Morgan fingerprint density at radius 1 is 0.974 bits per heavy atom. The van der Waals surface area contributed by atoms with Gasteiger partial charge in [0.15, 0.2) is 5.69 Å². The number of imide groups is 1. The number of hydrazine groups is 1. The second-order valence-corrected chi connectivity index (χ2v) is 8.44. The number of carbonyl (C=O) groups excluding carboxylic acids is 4. The number of nitrogens with zero attached hydrogens (tertiary/aromatic N) is 3. The first-order valence-corrected chi connectivity index (χ1v) is 11.3. The molecule has 2 aromatic carbocycles. The number of amides is 4. The van der Waals surface area contributed by atoms with Gasteiger partial charge in [0.1, 0.15) is 5.69 Å². The number of nitrogens with one attached hydrogen (secondary N) is 2. The zero-order chi connectivity index (χ0) is 29.1. The Morgan fingerprint density at radius 3 is 2.15 bits per heavy atom. The topological polar surface area (TPSA) is 132 Å². The zero-order valence-electron chi connectivity index (χ0n) is 20.2. The minimum atomic E-state index is -4.89. The van der Waals surface area contributed by atoms with Gasteiger partial charge in [0, 0.05) is 11.1 Å². The quantitative estimate of drug-likeness (QED) is 0.399. The molecule has 1 aromatic heterocycles. The predicted octanol–water partition coefficient (Wildman–Crippen LogP) is 5.24. The third-order valence-corrected chi connectivity index (χ3v) is 5.56. The Hall–Kier alpha value is -4.30. The summed E-state index contributed by atoms with van der Waals surface area (Å²) in [5.41, 5.74) is -0.332. The molecule has 3 aromatic rings. The van der Waals surface area contributed by atoms with Crippen molar-refractivity contribution in [3.05, 3.63) is 75.0 Å². The minimum Gasteiger partial charge on any atom is -0.451 e. The van der Waals surface area contributed by atoms with Crippen LogP contribution in [0.15, 0.2) is 42.5 Å². The number of hydrogen-bond donors (Lipinski definition) is 2. The van der Waals surface area contributed by atoms with Gasteiger partial charge < -0.3 is 14.8 Å². The lowest BCUT2D eigenvalue weighted by Crippen LogP contribution is -2.50. The van der Waals surface area contributed by atoms with E-state index in [-0.39, 0.29) is 37.6 Å². The van der Waals surface area contributed by atoms with E-state index in [0.29, 0.717) is 10.7 Å². The fraction of sp³-hybridized carbons (Fsp3) is 0.174. The van der Waals surface area contributed by atoms with Gasteiger partial charge in [-0.15, -0.1) is 5.01 Å². The van der Waals surface area contributed by atoms with Crippen LogP contribution in [0.3, 0.4) is 0 Å². The van der Waals surface area contributed by atoms with Crippen molar-refractivity contribution < 1.29 is 41.8 Å². The molecule has 0 fully saturated rings. The van der Waals surface area contributed by atoms with E-state index in [1.807, 2.05) is 5.43 Å². The van der Waals surface area contributed by atoms with Gasteiger partial charge in [-0.2, -0.15) is 18.3 Å². The number of halogens is 5. The molecule has 0 saturated heterocycles. The summed E-state index contributed by atoms with van der Waals surface area (Å²) in [4.78, 5) is 50.2. The second-order valence-electron chi connectivity index (χ2n) is 7.59. The number of para-hydroxylation sites is 1. The summed E-state index contributed by atoms with van der Waals surface area (Å²) >= 11 is 12.2. The molecule has 0 aliphatic rings. The lowest BCUT2D eigenvalue weighted by Gasteiger charge is -2.20. The van der Waals surface area contributed by atoms with E-state index in [4.69, 9.17) is 23.2 Å². The molecule has 1 heterocycles. The highest BCUT2D eigenvalue weighted by Crippen LogP contribution is 2.32. The molecule has 2 N–H and O–H groups in total. The predicted molar refractivity (Wildman–Crippen MR) is 132 cm³/mol. The SMILES string of the molecule is COC(=O)N(NC(=O)c1cc(Cl)cc(C)c1NC(=O)c1cc(C(F)(F)F)nn1-c1ccccc1Cl)C(=O)OC. The molecule has 3 rings (SSSR count). The van der Waals surface area contributed by atoms with Crippen LogP contribution in [0.4, 0.5) is 28.4 Å². The van der Waals surface area contributed by atoms with Crippen LogP contribution in [0.2, 0.25) is 10.0 Å². The number of rotatable bonds is 4. The van der Waals surface area contributed by atoms with Gasteiger partial charge >= 0.3 is 18.4 Å². The molecule has 0 spiro atoms. The van der Waals surface area contributed by atoms with Crippen LogP contribution in [-0.2, 0) is 15.7 Å². The monoisotopic (exact) mass is 587 g/mol. The molecule has 206 valence electrons. The van der Waals surface area contributed by atoms with Crippen molar-refractivity contribution in [2.45, 2.75) is 13.1 Å². The lowest BCUT2D eigenvalue weighted by atomic mass is 10.1. The molecule has 0 bridgehead atoms. The third-order valence-electron chi connectivity index (χ3n) is 5.02. The molecule has 4 amide bonds. The molecule has 0 aliphatic heterocycles. The largest absolute Gasteiger partial charge is 0.451 e. The maximum Gasteiger partial charge on any atom is 0.438 e. The lowest BCUT2D eigenvalue weighted by molar-refractivity contribution is -0.141. The number of aromatic nitrogens is 2. The fourth-order valence-corrected chi connectivity index (χ4v) is 3.75. The molecule has 39 heavy (non-hydrogen) atoms. The number of benzene rings is 2. The Kier molecular flexibility index (Phi) is 8.71. The number of carbonyl (C=O) groups is 4. The summed E-state index contributed by atoms with van der Waals surface area (Å²) in [6.45, 7) is 1.45. The number of ether oxygens (including phenoxy) is 2. The van der Waals surface area contributed by atoms with Gasteiger partial charge in [-0.1, -0.05) is 35.3 Å². The van der Waals surface area contributed by atoms with Gasteiger partial charge in [-0.25, -0.2) is 19.7 Å². The van der Waals surface area contributed by atoms with E-state index in [1.54, 1.807) is 0 Å². The highest BCUT2D eigenvalue weighted by atomic mass is 35.5. The van der Waals surface area contributed by atoms with Crippen LogP contribution >= 0.6 is 23.2 Å². The minimum absolute atomic E-state index is 0.0110. The highest BCUT2D eigenvalue weighted by molar-refractivity contribution is 6.32. The van der Waals surface area contributed by atoms with Gasteiger partial charge in [-0.05, 0) is 36.8 Å². The van der Waals surface area contributed by atoms with Crippen molar-refractivity contribution in [1.29, 1.82) is 0 Å². The average Bonchev–Trinajstić information content (AvgIpc) is 3.34. The molecule has 0 radical (unpaired) electrons. The number of anilines is 1. The molecule has 16 heteroatoms. The average molecular weight is 588 g/mol. The summed E-state index contributed by atoms with van der Waals surface area (Å²) in [5, 5.41) is 6.03. The van der Waals surface area contributed by atoms with E-state index in [0.717, 1.165) is 20.3 Å². The zero-order valence-corrected chi connectivity index (χ0v) is 21.7. The summed E-state index contributed by atoms with van der Waals surface area (Å²) in [6, 6.07) is 8.74. The summed E-state index contributed by atoms with van der Waals surface area (Å²) in [7, 11) is 1.88. The van der Waals surface area contributed by atoms with Crippen molar-refractivity contribution in [1.82, 2.24) is 20.2 Å². The fourth-order valence-electron chi connectivity index (χ4n) is 3.26. The van der Waals surface area contributed by atoms with Gasteiger partial charge in [0.2, 0.25) is 0 Å². The molecule has 0 unspecified atom stereocenters. The number of alkyl halides is 3. The molecular formula is C23H18Cl2F3N5O6. The van der Waals surface area contributed by atoms with Crippen molar-refractivity contribution in [2.75, 3.05) is 19.5 Å². The standard InChI is InChI=1S/C23H18Cl2F3N5O6/c1-11-8-12(24)9-13(19(34)31-33(21(36)38-2)22(37)39-3)18(11)29-20(35)16-10-17(23(26,27)28)30-32(16)15-7-5-4-6-14(15)25/h4-10H,1-3H3,(H,29,35)(H,31,34). The normalized spacial score (nSPS) is 11.0. The molecule has 0 atom stereocenters. The van der Waals surface area contributed by atoms with Crippen molar-refractivity contribution in [2.24, 2.45) is 0 Å². The van der Waals surface area contributed by atoms with Crippen LogP contribution in [-0.4, -0.2) is 53.0 Å². The van der Waals surface area contributed by atoms with Crippen LogP contribution in [0.25, 0.3) is 5.69 Å². The second kappa shape index (κ2) is 11.6. The van der Waals surface area contributed by atoms with Crippen LogP contribution in [0.1, 0.15) is 32.1 Å². The molecule has 0 aliphatic carbocycles. The van der Waals surface area contributed by atoms with Crippen molar-refractivity contribution in [3.63, 3.8) is 0 Å². The maximum atomic E-state index is 13.5. The Labute approximate surface area is 228 Å². The Balaban J connectivity index is 2.07. The van der Waals surface area contributed by atoms with Crippen LogP contribution in [0, 0.1) is 6.92 Å². The van der Waals surface area contributed by atoms with E-state index in [1.165, 1.54) is 37.3 Å².